The molecule has 2 unspecified atom stereocenters. The Morgan fingerprint density at radius 3 is 2.60 bits per heavy atom. The zero-order valence-corrected chi connectivity index (χ0v) is 36.3. The standard InChI is InChI=1S/C40H58ClN3O9S2/c1-23-13-12-14-25(3)40(49)21-30(51-37(48)42-40)26(4)35-39(7,53-35)31(20-33(46)44(9)29-19-28(17-23)18-24(2)34(29)41)52-36(47)27(5)43(8)32(45)15-16-38(6,22-50-10)55-54-11/h12-14,18-19,25-27,30-31,35,49H,15-17,20-22H2,1-11H3,(H,42,48)/b14-12+,23-13+/t25-,26-,27-,30+,31?,35+,38?,39+,40+/m1/s1. The minimum absolute atomic E-state index is 0.0720. The van der Waals surface area contributed by atoms with E-state index in [1.807, 2.05) is 71.2 Å². The Balaban J connectivity index is 1.67. The number of hydrogen-bond donors (Lipinski definition) is 2. The summed E-state index contributed by atoms with van der Waals surface area (Å²) in [6.07, 6.45) is 5.52. The third kappa shape index (κ3) is 10.6. The first-order valence-corrected chi connectivity index (χ1v) is 21.6. The van der Waals surface area contributed by atoms with Crippen LogP contribution in [-0.2, 0) is 39.8 Å². The Morgan fingerprint density at radius 1 is 1.25 bits per heavy atom. The third-order valence-corrected chi connectivity index (χ3v) is 14.4. The molecule has 3 aliphatic rings. The van der Waals surface area contributed by atoms with Crippen molar-refractivity contribution in [1.82, 2.24) is 10.2 Å². The molecule has 0 aliphatic carbocycles. The number of fused-ring (bicyclic) bond motifs is 5. The summed E-state index contributed by atoms with van der Waals surface area (Å²) in [7, 11) is 8.06. The fourth-order valence-corrected chi connectivity index (χ4v) is 9.94. The van der Waals surface area contributed by atoms with E-state index in [4.69, 9.17) is 30.5 Å². The van der Waals surface area contributed by atoms with E-state index in [2.05, 4.69) is 5.32 Å². The number of esters is 1. The summed E-state index contributed by atoms with van der Waals surface area (Å²) in [5.74, 6) is -2.24. The summed E-state index contributed by atoms with van der Waals surface area (Å²) in [5.41, 5.74) is 0.504. The van der Waals surface area contributed by atoms with Crippen LogP contribution in [0.1, 0.15) is 78.4 Å². The van der Waals surface area contributed by atoms with Gasteiger partial charge in [-0.05, 0) is 70.9 Å². The van der Waals surface area contributed by atoms with Crippen molar-refractivity contribution in [3.8, 4) is 0 Å². The van der Waals surface area contributed by atoms with E-state index in [1.165, 1.54) is 9.80 Å². The van der Waals surface area contributed by atoms with Crippen LogP contribution in [0, 0.1) is 18.8 Å². The quantitative estimate of drug-likeness (QED) is 0.149. The number of alkyl carbamates (subject to hydrolysis) is 1. The minimum Gasteiger partial charge on any atom is -0.457 e. The van der Waals surface area contributed by atoms with E-state index in [-0.39, 0.29) is 35.8 Å². The van der Waals surface area contributed by atoms with E-state index in [0.717, 1.165) is 16.7 Å². The highest BCUT2D eigenvalue weighted by atomic mass is 35.5. The van der Waals surface area contributed by atoms with Gasteiger partial charge in [-0.15, -0.1) is 0 Å². The van der Waals surface area contributed by atoms with Crippen molar-refractivity contribution in [3.63, 3.8) is 0 Å². The van der Waals surface area contributed by atoms with E-state index < -0.39 is 59.6 Å². The average molecular weight is 825 g/mol. The molecular weight excluding hydrogens is 766 g/mol. The van der Waals surface area contributed by atoms with Gasteiger partial charge in [-0.3, -0.25) is 14.9 Å². The second kappa shape index (κ2) is 18.2. The van der Waals surface area contributed by atoms with Gasteiger partial charge in [0.25, 0.3) is 0 Å². The minimum atomic E-state index is -1.60. The van der Waals surface area contributed by atoms with Gasteiger partial charge in [-0.25, -0.2) is 9.59 Å². The van der Waals surface area contributed by atoms with Gasteiger partial charge in [0.15, 0.2) is 0 Å². The predicted molar refractivity (Wildman–Crippen MR) is 218 cm³/mol. The summed E-state index contributed by atoms with van der Waals surface area (Å²) in [4.78, 5) is 57.1. The summed E-state index contributed by atoms with van der Waals surface area (Å²) in [6.45, 7) is 13.4. The molecule has 3 amide bonds. The molecule has 1 aromatic rings. The molecule has 3 aliphatic heterocycles. The smallest absolute Gasteiger partial charge is 0.409 e. The van der Waals surface area contributed by atoms with Gasteiger partial charge < -0.3 is 33.9 Å². The van der Waals surface area contributed by atoms with Crippen LogP contribution in [0.2, 0.25) is 5.02 Å². The number of likely N-dealkylation sites (N-methyl/N-ethyl adjacent to an activating group) is 1. The summed E-state index contributed by atoms with van der Waals surface area (Å²) >= 11 is 6.80. The molecule has 0 spiro atoms. The van der Waals surface area contributed by atoms with Gasteiger partial charge in [0.05, 0.1) is 29.8 Å². The van der Waals surface area contributed by atoms with Gasteiger partial charge in [-0.2, -0.15) is 0 Å². The molecule has 4 bridgehead atoms. The van der Waals surface area contributed by atoms with Gasteiger partial charge in [0.2, 0.25) is 11.8 Å². The number of hydrogen-bond acceptors (Lipinski definition) is 11. The molecule has 2 fully saturated rings. The number of carbonyl (C=O) groups is 4. The van der Waals surface area contributed by atoms with Gasteiger partial charge >= 0.3 is 12.1 Å². The lowest BCUT2D eigenvalue weighted by Crippen LogP contribution is -2.60. The Hall–Kier alpha value is -2.75. The number of epoxide rings is 1. The van der Waals surface area contributed by atoms with Crippen molar-refractivity contribution in [2.24, 2.45) is 11.8 Å². The SMILES string of the molecule is COCC(C)(CCC(=O)N(C)[C@H](C)C(=O)OC1CC(=O)N(C)c2cc(cc(C)c2Cl)C/C(C)=C/C=C/[C@@H](C)[C@@]2(O)C[C@H](OC(=O)N2)[C@@H](C)[C@@H]2O[C@@]12C)SSC. The van der Waals surface area contributed by atoms with Crippen LogP contribution >= 0.6 is 33.2 Å². The Morgan fingerprint density at radius 2 is 1.95 bits per heavy atom. The number of amides is 3. The fourth-order valence-electron chi connectivity index (χ4n) is 7.35. The van der Waals surface area contributed by atoms with Crippen molar-refractivity contribution in [1.29, 1.82) is 0 Å². The number of rotatable bonds is 10. The highest BCUT2D eigenvalue weighted by Crippen LogP contribution is 2.49. The van der Waals surface area contributed by atoms with Crippen molar-refractivity contribution in [2.75, 3.05) is 39.0 Å². The highest BCUT2D eigenvalue weighted by molar-refractivity contribution is 8.77. The first-order chi connectivity index (χ1) is 25.7. The molecule has 2 N–H and O–H groups in total. The molecule has 0 aromatic heterocycles. The maximum Gasteiger partial charge on any atom is 0.409 e. The summed E-state index contributed by atoms with van der Waals surface area (Å²) < 4.78 is 23.3. The van der Waals surface area contributed by atoms with Crippen LogP contribution in [-0.4, -0.2) is 108 Å². The van der Waals surface area contributed by atoms with Crippen LogP contribution in [0.3, 0.4) is 0 Å². The number of aryl methyl sites for hydroxylation is 1. The summed E-state index contributed by atoms with van der Waals surface area (Å²) in [6, 6.07) is 2.88. The molecule has 15 heteroatoms. The van der Waals surface area contributed by atoms with Crippen LogP contribution in [0.25, 0.3) is 0 Å². The number of ether oxygens (including phenoxy) is 4. The van der Waals surface area contributed by atoms with Gasteiger partial charge in [0.1, 0.15) is 29.6 Å². The molecule has 0 saturated carbocycles. The molecule has 4 rings (SSSR count). The zero-order chi connectivity index (χ0) is 41.0. The number of anilines is 1. The van der Waals surface area contributed by atoms with E-state index in [1.54, 1.807) is 56.6 Å². The first kappa shape index (κ1) is 45.0. The number of nitrogens with zero attached hydrogens (tertiary/aromatic N) is 2. The van der Waals surface area contributed by atoms with Crippen LogP contribution in [0.5, 0.6) is 0 Å². The second-order valence-electron chi connectivity index (χ2n) is 15.8. The third-order valence-electron chi connectivity index (χ3n) is 11.3. The van der Waals surface area contributed by atoms with Crippen LogP contribution in [0.4, 0.5) is 10.5 Å². The largest absolute Gasteiger partial charge is 0.457 e. The maximum atomic E-state index is 14.2. The maximum absolute atomic E-state index is 14.2. The van der Waals surface area contributed by atoms with Crippen LogP contribution in [0.15, 0.2) is 35.9 Å². The van der Waals surface area contributed by atoms with Gasteiger partial charge in [0, 0.05) is 50.6 Å². The monoisotopic (exact) mass is 823 g/mol. The van der Waals surface area contributed by atoms with E-state index in [9.17, 15) is 24.3 Å². The number of aliphatic hydroxyl groups is 1. The van der Waals surface area contributed by atoms with Crippen LogP contribution < -0.4 is 10.2 Å². The van der Waals surface area contributed by atoms with Gasteiger partial charge in [-0.1, -0.05) is 76.9 Å². The number of allylic oxidation sites excluding steroid dienone is 3. The normalized spacial score (nSPS) is 31.8. The lowest BCUT2D eigenvalue weighted by Gasteiger charge is -2.41. The molecule has 9 atom stereocenters. The molecule has 2 saturated heterocycles. The molecule has 12 nitrogen and oxygen atoms in total. The number of carbonyl (C=O) groups excluding carboxylic acids is 4. The fraction of sp³-hybridized carbons (Fsp3) is 0.650. The molecular formula is C40H58ClN3O9S2. The van der Waals surface area contributed by atoms with Crippen molar-refractivity contribution >= 4 is 62.8 Å². The lowest BCUT2D eigenvalue weighted by molar-refractivity contribution is -0.162. The number of methoxy groups -OCH3 is 1. The molecule has 55 heavy (non-hydrogen) atoms. The lowest BCUT2D eigenvalue weighted by atomic mass is 9.82. The molecule has 306 valence electrons. The number of benzene rings is 1. The summed E-state index contributed by atoms with van der Waals surface area (Å²) in [5, 5.41) is 14.7. The van der Waals surface area contributed by atoms with Crippen molar-refractivity contribution in [3.05, 3.63) is 52.1 Å². The van der Waals surface area contributed by atoms with E-state index >= 15 is 0 Å². The molecule has 3 heterocycles. The molecule has 0 radical (unpaired) electrons. The number of halogens is 1. The topological polar surface area (TPSA) is 147 Å². The predicted octanol–water partition coefficient (Wildman–Crippen LogP) is 6.63. The zero-order valence-electron chi connectivity index (χ0n) is 33.9. The van der Waals surface area contributed by atoms with Crippen molar-refractivity contribution < 1.29 is 43.2 Å². The first-order valence-electron chi connectivity index (χ1n) is 18.6. The highest BCUT2D eigenvalue weighted by Gasteiger charge is 2.64. The van der Waals surface area contributed by atoms with Crippen molar-refractivity contribution in [2.45, 2.75) is 121 Å². The second-order valence-corrected chi connectivity index (χ2v) is 19.1. The number of nitrogens with one attached hydrogen (secondary N) is 1. The Labute approximate surface area is 338 Å². The van der Waals surface area contributed by atoms with E-state index in [0.29, 0.717) is 30.2 Å². The Bertz CT molecular complexity index is 1670. The Kier molecular flexibility index (Phi) is 14.9. The average Bonchev–Trinajstić information content (AvgIpc) is 3.81. The molecule has 1 aromatic carbocycles.